The molecule has 0 radical (unpaired) electrons. The minimum absolute atomic E-state index is 0.0480. The molecule has 2 aliphatic rings. The Labute approximate surface area is 201 Å². The summed E-state index contributed by atoms with van der Waals surface area (Å²) in [5, 5.41) is 6.57. The number of amides is 1. The van der Waals surface area contributed by atoms with Crippen LogP contribution in [0.25, 0.3) is 11.1 Å². The van der Waals surface area contributed by atoms with Gasteiger partial charge < -0.3 is 10.6 Å². The van der Waals surface area contributed by atoms with Gasteiger partial charge in [0.1, 0.15) is 5.82 Å². The second-order valence-electron chi connectivity index (χ2n) is 9.44. The number of rotatable bonds is 6. The summed E-state index contributed by atoms with van der Waals surface area (Å²) >= 11 is 0. The monoisotopic (exact) mass is 457 g/mol. The van der Waals surface area contributed by atoms with Crippen molar-refractivity contribution in [2.75, 3.05) is 32.7 Å². The van der Waals surface area contributed by atoms with E-state index in [1.54, 1.807) is 12.1 Å². The van der Waals surface area contributed by atoms with E-state index < -0.39 is 0 Å². The van der Waals surface area contributed by atoms with Gasteiger partial charge in [-0.25, -0.2) is 4.39 Å². The SMILES string of the molecule is O=C(NCC1CCCc2cc(CN3CCNCC3)ccc21)c1ccc(-c2ccc(F)cc2)cc1. The van der Waals surface area contributed by atoms with Crippen LogP contribution < -0.4 is 10.6 Å². The van der Waals surface area contributed by atoms with E-state index in [4.69, 9.17) is 0 Å². The first-order valence-electron chi connectivity index (χ1n) is 12.3. The van der Waals surface area contributed by atoms with Crippen LogP contribution in [0.15, 0.2) is 66.7 Å². The number of aryl methyl sites for hydroxylation is 1. The molecule has 0 spiro atoms. The molecule has 1 amide bonds. The maximum Gasteiger partial charge on any atom is 0.251 e. The highest BCUT2D eigenvalue weighted by molar-refractivity contribution is 5.94. The van der Waals surface area contributed by atoms with E-state index in [1.807, 2.05) is 24.3 Å². The summed E-state index contributed by atoms with van der Waals surface area (Å²) in [6.07, 6.45) is 3.39. The number of piperazine rings is 1. The molecule has 1 unspecified atom stereocenters. The van der Waals surface area contributed by atoms with Crippen molar-refractivity contribution in [3.63, 3.8) is 0 Å². The van der Waals surface area contributed by atoms with Crippen LogP contribution in [0.5, 0.6) is 0 Å². The van der Waals surface area contributed by atoms with Crippen molar-refractivity contribution in [2.24, 2.45) is 0 Å². The summed E-state index contributed by atoms with van der Waals surface area (Å²) in [4.78, 5) is 15.3. The van der Waals surface area contributed by atoms with Crippen LogP contribution in [-0.2, 0) is 13.0 Å². The van der Waals surface area contributed by atoms with Crippen LogP contribution in [0, 0.1) is 5.82 Å². The van der Waals surface area contributed by atoms with Crippen LogP contribution in [0.2, 0.25) is 0 Å². The Morgan fingerprint density at radius 3 is 2.41 bits per heavy atom. The fraction of sp³-hybridized carbons (Fsp3) is 0.345. The Kier molecular flexibility index (Phi) is 7.02. The number of nitrogens with zero attached hydrogens (tertiary/aromatic N) is 1. The Balaban J connectivity index is 1.20. The average molecular weight is 458 g/mol. The zero-order valence-electron chi connectivity index (χ0n) is 19.5. The van der Waals surface area contributed by atoms with Crippen LogP contribution >= 0.6 is 0 Å². The standard InChI is InChI=1S/C29H32FN3O/c30-27-11-9-23(10-12-27)22-5-7-24(8-6-22)29(34)32-19-26-3-1-2-25-18-21(4-13-28(25)26)20-33-16-14-31-15-17-33/h4-13,18,26,31H,1-3,14-17,19-20H2,(H,32,34). The lowest BCUT2D eigenvalue weighted by atomic mass is 9.82. The van der Waals surface area contributed by atoms with Crippen molar-refractivity contribution >= 4 is 5.91 Å². The van der Waals surface area contributed by atoms with Gasteiger partial charge in [-0.15, -0.1) is 0 Å². The first-order chi connectivity index (χ1) is 16.7. The van der Waals surface area contributed by atoms with Gasteiger partial charge >= 0.3 is 0 Å². The van der Waals surface area contributed by atoms with Gasteiger partial charge in [-0.2, -0.15) is 0 Å². The molecule has 1 aliphatic carbocycles. The number of carbonyl (C=O) groups is 1. The van der Waals surface area contributed by atoms with Crippen molar-refractivity contribution < 1.29 is 9.18 Å². The molecule has 2 N–H and O–H groups in total. The number of hydrogen-bond donors (Lipinski definition) is 2. The summed E-state index contributed by atoms with van der Waals surface area (Å²) in [5.74, 6) is 0.0624. The smallest absolute Gasteiger partial charge is 0.251 e. The van der Waals surface area contributed by atoms with Gasteiger partial charge in [0.2, 0.25) is 0 Å². The number of halogens is 1. The molecule has 5 heteroatoms. The van der Waals surface area contributed by atoms with E-state index >= 15 is 0 Å². The molecule has 176 valence electrons. The molecule has 1 heterocycles. The normalized spacial score (nSPS) is 18.3. The van der Waals surface area contributed by atoms with Gasteiger partial charge in [0.25, 0.3) is 5.91 Å². The Morgan fingerprint density at radius 2 is 1.68 bits per heavy atom. The van der Waals surface area contributed by atoms with Crippen molar-refractivity contribution in [1.82, 2.24) is 15.5 Å². The van der Waals surface area contributed by atoms with Gasteiger partial charge in [0, 0.05) is 50.7 Å². The Morgan fingerprint density at radius 1 is 0.971 bits per heavy atom. The fourth-order valence-corrected chi connectivity index (χ4v) is 5.18. The highest BCUT2D eigenvalue weighted by atomic mass is 19.1. The van der Waals surface area contributed by atoms with Gasteiger partial charge in [-0.3, -0.25) is 9.69 Å². The van der Waals surface area contributed by atoms with E-state index in [1.165, 1.54) is 28.8 Å². The summed E-state index contributed by atoms with van der Waals surface area (Å²) in [7, 11) is 0. The number of carbonyl (C=O) groups excluding carboxylic acids is 1. The first kappa shape index (κ1) is 22.8. The predicted molar refractivity (Wildman–Crippen MR) is 134 cm³/mol. The topological polar surface area (TPSA) is 44.4 Å². The third-order valence-corrected chi connectivity index (χ3v) is 7.10. The van der Waals surface area contributed by atoms with Crippen LogP contribution in [0.1, 0.15) is 45.8 Å². The van der Waals surface area contributed by atoms with Crippen LogP contribution in [0.4, 0.5) is 4.39 Å². The number of fused-ring (bicyclic) bond motifs is 1. The van der Waals surface area contributed by atoms with Gasteiger partial charge in [0.05, 0.1) is 0 Å². The summed E-state index contributed by atoms with van der Waals surface area (Å²) in [5.41, 5.74) is 6.78. The lowest BCUT2D eigenvalue weighted by molar-refractivity contribution is 0.0950. The molecule has 4 nitrogen and oxygen atoms in total. The minimum Gasteiger partial charge on any atom is -0.351 e. The highest BCUT2D eigenvalue weighted by Crippen LogP contribution is 2.32. The fourth-order valence-electron chi connectivity index (χ4n) is 5.18. The van der Waals surface area contributed by atoms with E-state index in [9.17, 15) is 9.18 Å². The Hall–Kier alpha value is -3.02. The largest absolute Gasteiger partial charge is 0.351 e. The molecule has 3 aromatic rings. The van der Waals surface area contributed by atoms with Gasteiger partial charge in [0.15, 0.2) is 0 Å². The van der Waals surface area contributed by atoms with Crippen LogP contribution in [-0.4, -0.2) is 43.5 Å². The molecule has 1 aliphatic heterocycles. The first-order valence-corrected chi connectivity index (χ1v) is 12.3. The van der Waals surface area contributed by atoms with E-state index in [2.05, 4.69) is 33.7 Å². The molecule has 1 fully saturated rings. The molecular weight excluding hydrogens is 425 g/mol. The van der Waals surface area contributed by atoms with Gasteiger partial charge in [-0.1, -0.05) is 42.5 Å². The highest BCUT2D eigenvalue weighted by Gasteiger charge is 2.22. The van der Waals surface area contributed by atoms with Gasteiger partial charge in [-0.05, 0) is 71.3 Å². The average Bonchev–Trinajstić information content (AvgIpc) is 2.88. The summed E-state index contributed by atoms with van der Waals surface area (Å²) in [6, 6.07) is 20.9. The lowest BCUT2D eigenvalue weighted by Crippen LogP contribution is -2.42. The molecule has 0 saturated carbocycles. The summed E-state index contributed by atoms with van der Waals surface area (Å²) in [6.45, 7) is 6.03. The minimum atomic E-state index is -0.250. The van der Waals surface area contributed by atoms with E-state index in [0.717, 1.165) is 63.1 Å². The number of benzene rings is 3. The summed E-state index contributed by atoms with van der Waals surface area (Å²) < 4.78 is 13.2. The predicted octanol–water partition coefficient (Wildman–Crippen LogP) is 4.75. The van der Waals surface area contributed by atoms with E-state index in [0.29, 0.717) is 18.0 Å². The second kappa shape index (κ2) is 10.5. The van der Waals surface area contributed by atoms with Crippen molar-refractivity contribution in [3.8, 4) is 11.1 Å². The van der Waals surface area contributed by atoms with Crippen molar-refractivity contribution in [1.29, 1.82) is 0 Å². The lowest BCUT2D eigenvalue weighted by Gasteiger charge is -2.29. The number of hydrogen-bond acceptors (Lipinski definition) is 3. The third-order valence-electron chi connectivity index (χ3n) is 7.10. The molecule has 0 bridgehead atoms. The molecular formula is C29H32FN3O. The zero-order valence-corrected chi connectivity index (χ0v) is 19.5. The number of nitrogens with one attached hydrogen (secondary N) is 2. The molecule has 5 rings (SSSR count). The van der Waals surface area contributed by atoms with Crippen molar-refractivity contribution in [3.05, 3.63) is 94.8 Å². The molecule has 34 heavy (non-hydrogen) atoms. The molecule has 1 atom stereocenters. The Bertz CT molecular complexity index is 1120. The third kappa shape index (κ3) is 5.37. The van der Waals surface area contributed by atoms with E-state index in [-0.39, 0.29) is 11.7 Å². The second-order valence-corrected chi connectivity index (χ2v) is 9.44. The van der Waals surface area contributed by atoms with Crippen LogP contribution in [0.3, 0.4) is 0 Å². The molecule has 3 aromatic carbocycles. The zero-order chi connectivity index (χ0) is 23.3. The molecule has 0 aromatic heterocycles. The van der Waals surface area contributed by atoms with Crippen molar-refractivity contribution in [2.45, 2.75) is 31.7 Å². The maximum atomic E-state index is 13.2. The molecule has 1 saturated heterocycles. The maximum absolute atomic E-state index is 13.2. The quantitative estimate of drug-likeness (QED) is 0.562.